The minimum Gasteiger partial charge on any atom is -0.468 e. The van der Waals surface area contributed by atoms with Crippen molar-refractivity contribution in [1.82, 2.24) is 4.90 Å². The van der Waals surface area contributed by atoms with Gasteiger partial charge in [0.05, 0.1) is 37.7 Å². The number of likely N-dealkylation sites (tertiary alicyclic amines) is 1. The van der Waals surface area contributed by atoms with Crippen LogP contribution in [-0.2, 0) is 16.0 Å². The van der Waals surface area contributed by atoms with Crippen molar-refractivity contribution in [1.29, 1.82) is 0 Å². The van der Waals surface area contributed by atoms with Gasteiger partial charge in [0.2, 0.25) is 0 Å². The third-order valence-corrected chi connectivity index (χ3v) is 4.20. The summed E-state index contributed by atoms with van der Waals surface area (Å²) in [6, 6.07) is 3.98. The van der Waals surface area contributed by atoms with Crippen LogP contribution in [0.25, 0.3) is 0 Å². The van der Waals surface area contributed by atoms with Crippen LogP contribution in [0.5, 0.6) is 0 Å². The molecule has 0 saturated carbocycles. The Morgan fingerprint density at radius 3 is 3.30 bits per heavy atom. The SMILES string of the molecule is C=CCO[C@H]1CO[C@]2(CCCN(Cc3ccco3)C2)C1. The molecule has 0 bridgehead atoms. The van der Waals surface area contributed by atoms with Crippen molar-refractivity contribution in [2.75, 3.05) is 26.3 Å². The second kappa shape index (κ2) is 6.12. The van der Waals surface area contributed by atoms with Gasteiger partial charge in [-0.3, -0.25) is 4.90 Å². The molecule has 20 heavy (non-hydrogen) atoms. The van der Waals surface area contributed by atoms with Gasteiger partial charge >= 0.3 is 0 Å². The maximum Gasteiger partial charge on any atom is 0.117 e. The first-order chi connectivity index (χ1) is 9.80. The predicted molar refractivity (Wildman–Crippen MR) is 76.5 cm³/mol. The highest BCUT2D eigenvalue weighted by molar-refractivity contribution is 5.01. The lowest BCUT2D eigenvalue weighted by Gasteiger charge is -2.39. The second-order valence-corrected chi connectivity index (χ2v) is 5.84. The molecule has 3 heterocycles. The molecule has 0 aromatic carbocycles. The van der Waals surface area contributed by atoms with Crippen LogP contribution in [0.1, 0.15) is 25.0 Å². The highest BCUT2D eigenvalue weighted by Crippen LogP contribution is 2.36. The Bertz CT molecular complexity index is 431. The van der Waals surface area contributed by atoms with Crippen LogP contribution < -0.4 is 0 Å². The second-order valence-electron chi connectivity index (χ2n) is 5.84. The first-order valence-electron chi connectivity index (χ1n) is 7.41. The standard InChI is InChI=1S/C16H23NO3/c1-2-8-18-15-10-16(20-12-15)6-4-7-17(13-16)11-14-5-3-9-19-14/h2-3,5,9,15H,1,4,6-8,10-13H2/t15-,16-/m1/s1. The number of rotatable bonds is 5. The van der Waals surface area contributed by atoms with E-state index in [4.69, 9.17) is 13.9 Å². The molecule has 0 aliphatic carbocycles. The van der Waals surface area contributed by atoms with E-state index in [2.05, 4.69) is 11.5 Å². The van der Waals surface area contributed by atoms with Crippen LogP contribution in [0, 0.1) is 0 Å². The van der Waals surface area contributed by atoms with E-state index < -0.39 is 0 Å². The summed E-state index contributed by atoms with van der Waals surface area (Å²) in [4.78, 5) is 2.43. The van der Waals surface area contributed by atoms with Gasteiger partial charge in [-0.15, -0.1) is 6.58 Å². The summed E-state index contributed by atoms with van der Waals surface area (Å²) in [7, 11) is 0. The fourth-order valence-electron chi connectivity index (χ4n) is 3.35. The number of hydrogen-bond acceptors (Lipinski definition) is 4. The van der Waals surface area contributed by atoms with Gasteiger partial charge in [-0.05, 0) is 31.5 Å². The highest BCUT2D eigenvalue weighted by atomic mass is 16.6. The largest absolute Gasteiger partial charge is 0.468 e. The number of nitrogens with zero attached hydrogens (tertiary/aromatic N) is 1. The predicted octanol–water partition coefficient (Wildman–Crippen LogP) is 2.61. The summed E-state index contributed by atoms with van der Waals surface area (Å²) in [6.45, 7) is 7.98. The summed E-state index contributed by atoms with van der Waals surface area (Å²) in [5.74, 6) is 1.03. The molecule has 2 aliphatic rings. The van der Waals surface area contributed by atoms with Crippen molar-refractivity contribution in [3.05, 3.63) is 36.8 Å². The topological polar surface area (TPSA) is 34.8 Å². The minimum atomic E-state index is -0.0172. The first kappa shape index (κ1) is 13.9. The Labute approximate surface area is 120 Å². The molecule has 3 rings (SSSR count). The summed E-state index contributed by atoms with van der Waals surface area (Å²) in [5, 5.41) is 0. The molecule has 1 aromatic heterocycles. The zero-order valence-electron chi connectivity index (χ0n) is 11.9. The normalized spacial score (nSPS) is 30.9. The van der Waals surface area contributed by atoms with Gasteiger partial charge in [-0.1, -0.05) is 6.08 Å². The molecule has 4 heteroatoms. The van der Waals surface area contributed by atoms with E-state index in [1.165, 1.54) is 6.42 Å². The summed E-state index contributed by atoms with van der Waals surface area (Å²) < 4.78 is 17.3. The maximum atomic E-state index is 6.11. The van der Waals surface area contributed by atoms with Crippen LogP contribution in [0.4, 0.5) is 0 Å². The molecule has 1 aromatic rings. The summed E-state index contributed by atoms with van der Waals surface area (Å²) >= 11 is 0. The van der Waals surface area contributed by atoms with E-state index in [1.807, 2.05) is 12.1 Å². The van der Waals surface area contributed by atoms with Gasteiger partial charge < -0.3 is 13.9 Å². The van der Waals surface area contributed by atoms with Crippen molar-refractivity contribution in [2.24, 2.45) is 0 Å². The average Bonchev–Trinajstić information content (AvgIpc) is 3.07. The zero-order chi connectivity index (χ0) is 13.8. The van der Waals surface area contributed by atoms with Crippen molar-refractivity contribution in [3.8, 4) is 0 Å². The third-order valence-electron chi connectivity index (χ3n) is 4.20. The Kier molecular flexibility index (Phi) is 4.24. The molecule has 110 valence electrons. The molecule has 2 atom stereocenters. The van der Waals surface area contributed by atoms with E-state index in [-0.39, 0.29) is 11.7 Å². The van der Waals surface area contributed by atoms with Gasteiger partial charge in [0, 0.05) is 13.0 Å². The average molecular weight is 277 g/mol. The van der Waals surface area contributed by atoms with Crippen LogP contribution in [0.3, 0.4) is 0 Å². The van der Waals surface area contributed by atoms with Crippen LogP contribution in [0.15, 0.2) is 35.5 Å². The Morgan fingerprint density at radius 1 is 1.55 bits per heavy atom. The van der Waals surface area contributed by atoms with E-state index in [0.29, 0.717) is 13.2 Å². The van der Waals surface area contributed by atoms with E-state index in [1.54, 1.807) is 12.3 Å². The molecule has 2 aliphatic heterocycles. The summed E-state index contributed by atoms with van der Waals surface area (Å²) in [5.41, 5.74) is -0.0172. The quantitative estimate of drug-likeness (QED) is 0.775. The van der Waals surface area contributed by atoms with Crippen molar-refractivity contribution in [2.45, 2.75) is 37.5 Å². The molecule has 2 saturated heterocycles. The number of piperidine rings is 1. The molecule has 0 unspecified atom stereocenters. The Morgan fingerprint density at radius 2 is 2.50 bits per heavy atom. The molecule has 2 fully saturated rings. The highest BCUT2D eigenvalue weighted by Gasteiger charge is 2.43. The van der Waals surface area contributed by atoms with E-state index >= 15 is 0 Å². The zero-order valence-corrected chi connectivity index (χ0v) is 11.9. The molecule has 0 amide bonds. The third kappa shape index (κ3) is 3.14. The van der Waals surface area contributed by atoms with Crippen LogP contribution in [0.2, 0.25) is 0 Å². The lowest BCUT2D eigenvalue weighted by Crippen LogP contribution is -2.47. The fourth-order valence-corrected chi connectivity index (χ4v) is 3.35. The van der Waals surface area contributed by atoms with Crippen LogP contribution in [-0.4, -0.2) is 42.9 Å². The van der Waals surface area contributed by atoms with Gasteiger partial charge in [-0.25, -0.2) is 0 Å². The van der Waals surface area contributed by atoms with Crippen LogP contribution >= 0.6 is 0 Å². The van der Waals surface area contributed by atoms with Crippen molar-refractivity contribution >= 4 is 0 Å². The minimum absolute atomic E-state index is 0.0172. The molecular formula is C16H23NO3. The number of furan rings is 1. The number of hydrogen-bond donors (Lipinski definition) is 0. The lowest BCUT2D eigenvalue weighted by molar-refractivity contribution is -0.0555. The molecule has 4 nitrogen and oxygen atoms in total. The maximum absolute atomic E-state index is 6.11. The van der Waals surface area contributed by atoms with E-state index in [9.17, 15) is 0 Å². The Hall–Kier alpha value is -1.10. The lowest BCUT2D eigenvalue weighted by atomic mass is 9.89. The Balaban J connectivity index is 1.56. The van der Waals surface area contributed by atoms with Crippen molar-refractivity contribution < 1.29 is 13.9 Å². The molecule has 0 radical (unpaired) electrons. The van der Waals surface area contributed by atoms with Gasteiger partial charge in [0.1, 0.15) is 5.76 Å². The first-order valence-corrected chi connectivity index (χ1v) is 7.41. The monoisotopic (exact) mass is 277 g/mol. The smallest absolute Gasteiger partial charge is 0.117 e. The van der Waals surface area contributed by atoms with Gasteiger partial charge in [0.15, 0.2) is 0 Å². The summed E-state index contributed by atoms with van der Waals surface area (Å²) in [6.07, 6.45) is 7.06. The fraction of sp³-hybridized carbons (Fsp3) is 0.625. The van der Waals surface area contributed by atoms with Gasteiger partial charge in [0.25, 0.3) is 0 Å². The molecule has 0 N–H and O–H groups in total. The van der Waals surface area contributed by atoms with Crippen molar-refractivity contribution in [3.63, 3.8) is 0 Å². The van der Waals surface area contributed by atoms with Gasteiger partial charge in [-0.2, -0.15) is 0 Å². The molecular weight excluding hydrogens is 254 g/mol. The number of ether oxygens (including phenoxy) is 2. The molecule has 1 spiro atoms. The van der Waals surface area contributed by atoms with E-state index in [0.717, 1.165) is 38.2 Å².